The fraction of sp³-hybridized carbons (Fsp3) is 0.381. The molecule has 0 radical (unpaired) electrons. The van der Waals surface area contributed by atoms with Gasteiger partial charge in [-0.05, 0) is 19.8 Å². The van der Waals surface area contributed by atoms with Crippen LogP contribution in [-0.4, -0.2) is 42.6 Å². The summed E-state index contributed by atoms with van der Waals surface area (Å²) >= 11 is 0. The Balaban J connectivity index is 1.60. The van der Waals surface area contributed by atoms with E-state index >= 15 is 0 Å². The van der Waals surface area contributed by atoms with E-state index in [9.17, 15) is 15.2 Å². The van der Waals surface area contributed by atoms with Crippen LogP contribution in [0.15, 0.2) is 42.7 Å². The summed E-state index contributed by atoms with van der Waals surface area (Å²) in [4.78, 5) is 26.3. The number of imidazole rings is 1. The number of nitro benzene ring substituents is 1. The predicted octanol–water partition coefficient (Wildman–Crippen LogP) is 3.04. The third kappa shape index (κ3) is 4.02. The van der Waals surface area contributed by atoms with Crippen LogP contribution < -0.4 is 4.90 Å². The number of nitro groups is 1. The molecular formula is C21H24N6O3. The molecule has 30 heavy (non-hydrogen) atoms. The number of non-ortho nitro benzene ring substituents is 1. The zero-order valence-electron chi connectivity index (χ0n) is 17.0. The molecule has 0 aliphatic carbocycles. The van der Waals surface area contributed by atoms with Crippen LogP contribution in [0.5, 0.6) is 0 Å². The number of nitrogens with zero attached hydrogens (tertiary/aromatic N) is 6. The highest BCUT2D eigenvalue weighted by atomic mass is 16.6. The molecule has 1 saturated heterocycles. The maximum Gasteiger partial charge on any atom is 0.270 e. The first-order chi connectivity index (χ1) is 14.4. The third-order valence-electron chi connectivity index (χ3n) is 5.51. The van der Waals surface area contributed by atoms with Crippen LogP contribution in [0.2, 0.25) is 0 Å². The molecule has 1 N–H and O–H groups in total. The van der Waals surface area contributed by atoms with Crippen molar-refractivity contribution in [3.05, 3.63) is 64.4 Å². The topological polar surface area (TPSA) is 110 Å². The van der Waals surface area contributed by atoms with Crippen molar-refractivity contribution in [1.82, 2.24) is 19.5 Å². The molecule has 9 heteroatoms. The van der Waals surface area contributed by atoms with E-state index in [1.54, 1.807) is 18.3 Å². The summed E-state index contributed by atoms with van der Waals surface area (Å²) in [5.41, 5.74) is 1.40. The molecule has 3 aromatic rings. The highest BCUT2D eigenvalue weighted by Crippen LogP contribution is 2.31. The molecule has 1 aliphatic heterocycles. The van der Waals surface area contributed by atoms with Crippen molar-refractivity contribution in [2.24, 2.45) is 13.0 Å². The number of benzene rings is 1. The smallest absolute Gasteiger partial charge is 0.270 e. The number of aromatic nitrogens is 4. The van der Waals surface area contributed by atoms with Crippen molar-refractivity contribution >= 4 is 11.5 Å². The van der Waals surface area contributed by atoms with Gasteiger partial charge >= 0.3 is 0 Å². The first kappa shape index (κ1) is 20.0. The van der Waals surface area contributed by atoms with Crippen molar-refractivity contribution in [1.29, 1.82) is 0 Å². The molecule has 2 aromatic heterocycles. The van der Waals surface area contributed by atoms with Gasteiger partial charge in [-0.1, -0.05) is 12.1 Å². The quantitative estimate of drug-likeness (QED) is 0.510. The van der Waals surface area contributed by atoms with Gasteiger partial charge < -0.3 is 14.6 Å². The Kier molecular flexibility index (Phi) is 5.45. The number of rotatable bonds is 5. The summed E-state index contributed by atoms with van der Waals surface area (Å²) in [5.74, 6) is 1.93. The van der Waals surface area contributed by atoms with E-state index in [0.717, 1.165) is 30.9 Å². The zero-order chi connectivity index (χ0) is 21.3. The highest BCUT2D eigenvalue weighted by Gasteiger charge is 2.30. The molecule has 2 atom stereocenters. The normalized spacial score (nSPS) is 17.7. The third-order valence-corrected chi connectivity index (χ3v) is 5.51. The lowest BCUT2D eigenvalue weighted by molar-refractivity contribution is -0.384. The second-order valence-electron chi connectivity index (χ2n) is 7.69. The Morgan fingerprint density at radius 2 is 2.13 bits per heavy atom. The molecule has 9 nitrogen and oxygen atoms in total. The van der Waals surface area contributed by atoms with Gasteiger partial charge in [0.2, 0.25) is 0 Å². The van der Waals surface area contributed by atoms with Gasteiger partial charge in [0.05, 0.1) is 4.92 Å². The lowest BCUT2D eigenvalue weighted by Gasteiger charge is -2.35. The number of aryl methyl sites for hydroxylation is 2. The van der Waals surface area contributed by atoms with E-state index < -0.39 is 11.0 Å². The summed E-state index contributed by atoms with van der Waals surface area (Å²) in [6.45, 7) is 3.36. The van der Waals surface area contributed by atoms with E-state index in [1.807, 2.05) is 30.8 Å². The van der Waals surface area contributed by atoms with E-state index in [0.29, 0.717) is 23.8 Å². The number of anilines is 1. The number of piperidine rings is 1. The minimum Gasteiger partial charge on any atom is -0.385 e. The van der Waals surface area contributed by atoms with Gasteiger partial charge in [0.15, 0.2) is 5.82 Å². The molecule has 0 bridgehead atoms. The monoisotopic (exact) mass is 408 g/mol. The molecule has 3 heterocycles. The first-order valence-corrected chi connectivity index (χ1v) is 9.93. The summed E-state index contributed by atoms with van der Waals surface area (Å²) < 4.78 is 1.85. The molecule has 1 fully saturated rings. The first-order valence-electron chi connectivity index (χ1n) is 9.93. The summed E-state index contributed by atoms with van der Waals surface area (Å²) in [6.07, 6.45) is 4.72. The van der Waals surface area contributed by atoms with Crippen LogP contribution in [0.4, 0.5) is 11.5 Å². The minimum atomic E-state index is -0.646. The van der Waals surface area contributed by atoms with Crippen LogP contribution in [0.3, 0.4) is 0 Å². The SMILES string of the molecule is Cc1cc(N2CCCC(C(O)c3nccn3C)C2)nc(-c2cccc([N+](=O)[O-])c2)n1. The molecule has 0 amide bonds. The maximum absolute atomic E-state index is 11.1. The van der Waals surface area contributed by atoms with Crippen molar-refractivity contribution < 1.29 is 10.0 Å². The molecule has 156 valence electrons. The maximum atomic E-state index is 11.1. The molecule has 1 aromatic carbocycles. The van der Waals surface area contributed by atoms with Gasteiger partial charge in [0.1, 0.15) is 17.7 Å². The number of hydrogen-bond acceptors (Lipinski definition) is 7. The summed E-state index contributed by atoms with van der Waals surface area (Å²) in [5, 5.41) is 22.0. The Labute approximate surface area is 174 Å². The van der Waals surface area contributed by atoms with E-state index in [2.05, 4.69) is 14.9 Å². The Hall–Kier alpha value is -3.33. The Morgan fingerprint density at radius 1 is 1.30 bits per heavy atom. The van der Waals surface area contributed by atoms with Crippen molar-refractivity contribution in [3.63, 3.8) is 0 Å². The number of aliphatic hydroxyl groups excluding tert-OH is 1. The van der Waals surface area contributed by atoms with Crippen molar-refractivity contribution in [3.8, 4) is 11.4 Å². The largest absolute Gasteiger partial charge is 0.385 e. The van der Waals surface area contributed by atoms with Crippen molar-refractivity contribution in [2.75, 3.05) is 18.0 Å². The molecule has 2 unspecified atom stereocenters. The zero-order valence-corrected chi connectivity index (χ0v) is 17.0. The Bertz CT molecular complexity index is 1070. The summed E-state index contributed by atoms with van der Waals surface area (Å²) in [7, 11) is 1.88. The molecule has 4 rings (SSSR count). The molecule has 1 aliphatic rings. The molecular weight excluding hydrogens is 384 g/mol. The second kappa shape index (κ2) is 8.19. The fourth-order valence-corrected chi connectivity index (χ4v) is 3.95. The van der Waals surface area contributed by atoms with Gasteiger partial charge in [-0.25, -0.2) is 15.0 Å². The van der Waals surface area contributed by atoms with Gasteiger partial charge in [0, 0.05) is 67.9 Å². The molecule has 0 spiro atoms. The lowest BCUT2D eigenvalue weighted by atomic mass is 9.92. The standard InChI is InChI=1S/C21H24N6O3/c1-14-11-18(24-20(23-14)15-5-3-7-17(12-15)27(29)30)26-9-4-6-16(13-26)19(28)21-22-8-10-25(21)2/h3,5,7-8,10-12,16,19,28H,4,6,9,13H2,1-2H3. The van der Waals surface area contributed by atoms with E-state index in [1.165, 1.54) is 12.1 Å². The fourth-order valence-electron chi connectivity index (χ4n) is 3.95. The number of hydrogen-bond donors (Lipinski definition) is 1. The lowest BCUT2D eigenvalue weighted by Crippen LogP contribution is -2.39. The average Bonchev–Trinajstić information content (AvgIpc) is 3.18. The van der Waals surface area contributed by atoms with Crippen LogP contribution in [0.25, 0.3) is 11.4 Å². The minimum absolute atomic E-state index is 0.00961. The second-order valence-corrected chi connectivity index (χ2v) is 7.69. The van der Waals surface area contributed by atoms with Crippen LogP contribution in [0.1, 0.15) is 30.5 Å². The molecule has 0 saturated carbocycles. The van der Waals surface area contributed by atoms with Gasteiger partial charge in [-0.3, -0.25) is 10.1 Å². The van der Waals surface area contributed by atoms with Gasteiger partial charge in [-0.15, -0.1) is 0 Å². The summed E-state index contributed by atoms with van der Waals surface area (Å²) in [6, 6.07) is 8.27. The van der Waals surface area contributed by atoms with Crippen LogP contribution in [0, 0.1) is 23.0 Å². The van der Waals surface area contributed by atoms with Gasteiger partial charge in [0.25, 0.3) is 5.69 Å². The highest BCUT2D eigenvalue weighted by molar-refractivity contribution is 5.61. The predicted molar refractivity (Wildman–Crippen MR) is 112 cm³/mol. The van der Waals surface area contributed by atoms with Crippen LogP contribution in [-0.2, 0) is 7.05 Å². The number of aliphatic hydroxyl groups is 1. The Morgan fingerprint density at radius 3 is 2.87 bits per heavy atom. The average molecular weight is 408 g/mol. The van der Waals surface area contributed by atoms with E-state index in [-0.39, 0.29) is 11.6 Å². The van der Waals surface area contributed by atoms with Gasteiger partial charge in [-0.2, -0.15) is 0 Å². The van der Waals surface area contributed by atoms with E-state index in [4.69, 9.17) is 4.98 Å². The van der Waals surface area contributed by atoms with Crippen molar-refractivity contribution in [2.45, 2.75) is 25.9 Å². The van der Waals surface area contributed by atoms with Crippen LogP contribution >= 0.6 is 0 Å².